The van der Waals surface area contributed by atoms with Crippen LogP contribution < -0.4 is 10.1 Å². The number of carbonyl (C=O) groups is 3. The normalized spacial score (nSPS) is 22.4. The highest BCUT2D eigenvalue weighted by Gasteiger charge is 2.44. The van der Waals surface area contributed by atoms with Crippen molar-refractivity contribution in [3.63, 3.8) is 0 Å². The van der Waals surface area contributed by atoms with Gasteiger partial charge in [0.2, 0.25) is 5.91 Å². The van der Waals surface area contributed by atoms with Gasteiger partial charge < -0.3 is 14.6 Å². The lowest BCUT2D eigenvalue weighted by Crippen LogP contribution is -2.52. The molecule has 0 bridgehead atoms. The number of hydrogen-bond donors (Lipinski definition) is 1. The third-order valence-corrected chi connectivity index (χ3v) is 11.9. The first-order chi connectivity index (χ1) is 26.4. The number of nitrogens with one attached hydrogen (secondary N) is 1. The monoisotopic (exact) mass is 723 g/mol. The highest BCUT2D eigenvalue weighted by Crippen LogP contribution is 2.39. The van der Waals surface area contributed by atoms with Gasteiger partial charge in [0.05, 0.1) is 16.8 Å². The molecule has 276 valence electrons. The van der Waals surface area contributed by atoms with Gasteiger partial charge in [0.25, 0.3) is 11.8 Å². The molecule has 1 unspecified atom stereocenters. The van der Waals surface area contributed by atoms with Crippen LogP contribution in [0.1, 0.15) is 76.5 Å². The van der Waals surface area contributed by atoms with Gasteiger partial charge in [-0.2, -0.15) is 0 Å². The number of nitrogens with zero attached hydrogens (tertiary/aromatic N) is 6. The Morgan fingerprint density at radius 1 is 0.759 bits per heavy atom. The molecule has 1 N–H and O–H groups in total. The van der Waals surface area contributed by atoms with Gasteiger partial charge in [-0.1, -0.05) is 42.5 Å². The average Bonchev–Trinajstić information content (AvgIpc) is 3.72. The van der Waals surface area contributed by atoms with Crippen molar-refractivity contribution in [2.45, 2.75) is 70.1 Å². The van der Waals surface area contributed by atoms with Crippen LogP contribution in [0.5, 0.6) is 11.5 Å². The number of rotatable bonds is 8. The lowest BCUT2D eigenvalue weighted by Gasteiger charge is -2.42. The van der Waals surface area contributed by atoms with Gasteiger partial charge >= 0.3 is 0 Å². The summed E-state index contributed by atoms with van der Waals surface area (Å²) in [6.45, 7) is 7.00. The quantitative estimate of drug-likeness (QED) is 0.184. The molecule has 2 saturated heterocycles. The van der Waals surface area contributed by atoms with Crippen molar-refractivity contribution in [3.05, 3.63) is 108 Å². The number of carbonyl (C=O) groups excluding carboxylic acids is 3. The third kappa shape index (κ3) is 6.35. The van der Waals surface area contributed by atoms with E-state index in [1.54, 1.807) is 12.4 Å². The van der Waals surface area contributed by atoms with Crippen LogP contribution in [0.25, 0.3) is 22.2 Å². The van der Waals surface area contributed by atoms with Crippen molar-refractivity contribution < 1.29 is 19.1 Å². The predicted octanol–water partition coefficient (Wildman–Crippen LogP) is 6.38. The number of hydrogen-bond acceptors (Lipinski definition) is 8. The van der Waals surface area contributed by atoms with E-state index in [0.717, 1.165) is 103 Å². The van der Waals surface area contributed by atoms with Crippen LogP contribution in [0, 0.1) is 6.92 Å². The maximum Gasteiger partial charge on any atom is 0.262 e. The highest BCUT2D eigenvalue weighted by atomic mass is 16.5. The molecule has 0 spiro atoms. The van der Waals surface area contributed by atoms with Crippen LogP contribution >= 0.6 is 0 Å². The van der Waals surface area contributed by atoms with Gasteiger partial charge in [-0.05, 0) is 86.9 Å². The molecule has 5 aromatic rings. The van der Waals surface area contributed by atoms with E-state index >= 15 is 0 Å². The molecule has 2 aromatic heterocycles. The molecule has 11 heteroatoms. The van der Waals surface area contributed by atoms with Gasteiger partial charge in [-0.25, -0.2) is 9.97 Å². The Morgan fingerprint density at radius 3 is 2.26 bits per heavy atom. The number of ether oxygens (including phenoxy) is 1. The Morgan fingerprint density at radius 2 is 1.50 bits per heavy atom. The van der Waals surface area contributed by atoms with Crippen LogP contribution in [0.2, 0.25) is 0 Å². The molecule has 1 atom stereocenters. The number of piperidine rings is 1. The minimum atomic E-state index is -0.730. The molecule has 3 aliphatic heterocycles. The summed E-state index contributed by atoms with van der Waals surface area (Å²) in [5.41, 5.74) is 6.00. The van der Waals surface area contributed by atoms with E-state index in [1.165, 1.54) is 4.90 Å². The number of piperazine rings is 1. The Hall–Kier alpha value is -5.39. The van der Waals surface area contributed by atoms with E-state index in [9.17, 15) is 14.4 Å². The van der Waals surface area contributed by atoms with E-state index in [0.29, 0.717) is 42.7 Å². The average molecular weight is 724 g/mol. The summed E-state index contributed by atoms with van der Waals surface area (Å²) in [5, 5.41) is 3.92. The molecular formula is C43H45N7O4. The molecule has 4 aliphatic rings. The fourth-order valence-electron chi connectivity index (χ4n) is 9.08. The van der Waals surface area contributed by atoms with Gasteiger partial charge in [-0.15, -0.1) is 0 Å². The number of aryl methyl sites for hydroxylation is 1. The first-order valence-corrected chi connectivity index (χ1v) is 19.3. The van der Waals surface area contributed by atoms with Gasteiger partial charge in [-0.3, -0.25) is 29.1 Å². The molecule has 11 nitrogen and oxygen atoms in total. The van der Waals surface area contributed by atoms with E-state index in [2.05, 4.69) is 49.9 Å². The van der Waals surface area contributed by atoms with E-state index in [-0.39, 0.29) is 17.7 Å². The Balaban J connectivity index is 0.833. The number of benzene rings is 3. The maximum absolute atomic E-state index is 13.6. The zero-order chi connectivity index (χ0) is 36.8. The zero-order valence-corrected chi connectivity index (χ0v) is 30.6. The van der Waals surface area contributed by atoms with Gasteiger partial charge in [0, 0.05) is 68.5 Å². The number of amides is 3. The Kier molecular flexibility index (Phi) is 9.20. The standard InChI is InChI=1S/C43H45N7O4/c1-28-38-36(29-12-18-34(19-13-29)54-33-8-3-2-4-9-33)26-49(40(38)46-27-45-28)32-16-14-31(15-17-32)48-23-21-47(22-24-48)25-30-7-5-10-35-39(30)43(53)50(42(35)52)37-11-6-20-44-41(37)51/h2-5,7-10,12-13,18-19,26-27,31-32,37H,6,11,14-17,20-25H2,1H3,(H,44,51). The van der Waals surface area contributed by atoms with Crippen molar-refractivity contribution in [1.29, 1.82) is 0 Å². The van der Waals surface area contributed by atoms with E-state index in [4.69, 9.17) is 9.72 Å². The van der Waals surface area contributed by atoms with Gasteiger partial charge in [0.15, 0.2) is 0 Å². The molecule has 1 saturated carbocycles. The molecule has 54 heavy (non-hydrogen) atoms. The second-order valence-electron chi connectivity index (χ2n) is 15.1. The molecule has 0 radical (unpaired) electrons. The van der Waals surface area contributed by atoms with E-state index < -0.39 is 6.04 Å². The Bertz CT molecular complexity index is 2200. The fourth-order valence-corrected chi connectivity index (χ4v) is 9.08. The van der Waals surface area contributed by atoms with Crippen LogP contribution in [-0.2, 0) is 11.3 Å². The summed E-state index contributed by atoms with van der Waals surface area (Å²) >= 11 is 0. The Labute approximate surface area is 314 Å². The van der Waals surface area contributed by atoms with Crippen LogP contribution in [0.4, 0.5) is 0 Å². The topological polar surface area (TPSA) is 113 Å². The fraction of sp³-hybridized carbons (Fsp3) is 0.372. The summed E-state index contributed by atoms with van der Waals surface area (Å²) in [7, 11) is 0. The lowest BCUT2D eigenvalue weighted by atomic mass is 9.89. The highest BCUT2D eigenvalue weighted by molar-refractivity contribution is 6.23. The molecule has 9 rings (SSSR count). The minimum absolute atomic E-state index is 0.241. The van der Waals surface area contributed by atoms with Crippen molar-refractivity contribution in [2.24, 2.45) is 0 Å². The van der Waals surface area contributed by atoms with Crippen molar-refractivity contribution in [3.8, 4) is 22.6 Å². The van der Waals surface area contributed by atoms with Crippen LogP contribution in [0.3, 0.4) is 0 Å². The smallest absolute Gasteiger partial charge is 0.262 e. The van der Waals surface area contributed by atoms with Crippen molar-refractivity contribution in [1.82, 2.24) is 34.6 Å². The summed E-state index contributed by atoms with van der Waals surface area (Å²) in [5.74, 6) is 0.686. The third-order valence-electron chi connectivity index (χ3n) is 11.9. The number of fused-ring (bicyclic) bond motifs is 2. The van der Waals surface area contributed by atoms with Gasteiger partial charge in [0.1, 0.15) is 29.5 Å². The molecule has 5 heterocycles. The van der Waals surface area contributed by atoms with E-state index in [1.807, 2.05) is 54.6 Å². The SMILES string of the molecule is Cc1ncnc2c1c(-c1ccc(Oc3ccccc3)cc1)cn2C1CCC(N2CCN(Cc3cccc4c3C(=O)N(C3CCCNC3=O)C4=O)CC2)CC1. The molecule has 3 amide bonds. The summed E-state index contributed by atoms with van der Waals surface area (Å²) in [6.07, 6.45) is 9.65. The second-order valence-corrected chi connectivity index (χ2v) is 15.1. The summed E-state index contributed by atoms with van der Waals surface area (Å²) in [6, 6.07) is 23.8. The van der Waals surface area contributed by atoms with Crippen LogP contribution in [0.15, 0.2) is 85.3 Å². The number of imide groups is 1. The predicted molar refractivity (Wildman–Crippen MR) is 205 cm³/mol. The minimum Gasteiger partial charge on any atom is -0.457 e. The molecule has 1 aliphatic carbocycles. The second kappa shape index (κ2) is 14.4. The lowest BCUT2D eigenvalue weighted by molar-refractivity contribution is -0.126. The number of aromatic nitrogens is 3. The summed E-state index contributed by atoms with van der Waals surface area (Å²) in [4.78, 5) is 55.1. The molecule has 3 fully saturated rings. The zero-order valence-electron chi connectivity index (χ0n) is 30.6. The van der Waals surface area contributed by atoms with Crippen molar-refractivity contribution >= 4 is 28.8 Å². The maximum atomic E-state index is 13.6. The molecule has 3 aromatic carbocycles. The largest absolute Gasteiger partial charge is 0.457 e. The van der Waals surface area contributed by atoms with Crippen molar-refractivity contribution in [2.75, 3.05) is 32.7 Å². The molecular weight excluding hydrogens is 679 g/mol. The first-order valence-electron chi connectivity index (χ1n) is 19.3. The van der Waals surface area contributed by atoms with Crippen LogP contribution in [-0.4, -0.2) is 91.8 Å². The first kappa shape index (κ1) is 34.4. The summed E-state index contributed by atoms with van der Waals surface area (Å²) < 4.78 is 8.45. The number of para-hydroxylation sites is 1.